The summed E-state index contributed by atoms with van der Waals surface area (Å²) in [4.78, 5) is 46.9. The van der Waals surface area contributed by atoms with E-state index in [-0.39, 0.29) is 24.3 Å². The van der Waals surface area contributed by atoms with Crippen LogP contribution in [-0.2, 0) is 14.4 Å². The lowest BCUT2D eigenvalue weighted by molar-refractivity contribution is -0.135. The number of fused-ring (bicyclic) bond motifs is 1. The van der Waals surface area contributed by atoms with Gasteiger partial charge in [0.15, 0.2) is 5.25 Å². The molecule has 0 spiro atoms. The molecule has 7 nitrogen and oxygen atoms in total. The van der Waals surface area contributed by atoms with E-state index >= 15 is 0 Å². The maximum absolute atomic E-state index is 13.2. The minimum Gasteiger partial charge on any atom is -0.341 e. The van der Waals surface area contributed by atoms with Gasteiger partial charge in [-0.05, 0) is 43.5 Å². The summed E-state index contributed by atoms with van der Waals surface area (Å²) >= 11 is 1.28. The fourth-order valence-corrected chi connectivity index (χ4v) is 4.77. The summed E-state index contributed by atoms with van der Waals surface area (Å²) in [7, 11) is 0. The third-order valence-corrected chi connectivity index (χ3v) is 6.26. The highest BCUT2D eigenvalue weighted by Crippen LogP contribution is 2.39. The Morgan fingerprint density at radius 1 is 1.07 bits per heavy atom. The summed E-state index contributed by atoms with van der Waals surface area (Å²) in [5, 5.41) is 1.85. The van der Waals surface area contributed by atoms with Crippen molar-refractivity contribution in [2.75, 3.05) is 29.9 Å². The summed E-state index contributed by atoms with van der Waals surface area (Å²) in [5.41, 5.74) is 0.654. The van der Waals surface area contributed by atoms with E-state index in [2.05, 4.69) is 10.3 Å². The number of amides is 3. The summed E-state index contributed by atoms with van der Waals surface area (Å²) < 4.78 is 0. The average Bonchev–Trinajstić information content (AvgIpc) is 2.76. The van der Waals surface area contributed by atoms with E-state index in [1.807, 2.05) is 18.2 Å². The third kappa shape index (κ3) is 4.27. The van der Waals surface area contributed by atoms with Crippen molar-refractivity contribution in [1.29, 1.82) is 0 Å². The van der Waals surface area contributed by atoms with Crippen LogP contribution in [0.25, 0.3) is 0 Å². The van der Waals surface area contributed by atoms with E-state index < -0.39 is 5.25 Å². The fraction of sp³-hybridized carbons (Fsp3) is 0.333. The number of nitrogens with one attached hydrogen (secondary N) is 1. The Bertz CT molecular complexity index is 915. The number of hydrogen-bond donors (Lipinski definition) is 1. The Kier molecular flexibility index (Phi) is 5.80. The molecule has 8 heteroatoms. The van der Waals surface area contributed by atoms with Crippen LogP contribution < -0.4 is 10.2 Å². The van der Waals surface area contributed by atoms with Crippen LogP contribution in [0.15, 0.2) is 53.6 Å². The number of thioether (sulfide) groups is 1. The average molecular weight is 410 g/mol. The van der Waals surface area contributed by atoms with Gasteiger partial charge in [0, 0.05) is 24.2 Å². The minimum atomic E-state index is -0.856. The molecule has 1 saturated heterocycles. The van der Waals surface area contributed by atoms with Crippen LogP contribution in [0.2, 0.25) is 0 Å². The lowest BCUT2D eigenvalue weighted by Gasteiger charge is -2.36. The predicted octanol–water partition coefficient (Wildman–Crippen LogP) is 2.54. The molecule has 0 bridgehead atoms. The van der Waals surface area contributed by atoms with Gasteiger partial charge in [-0.15, -0.1) is 11.8 Å². The molecule has 2 aliphatic heterocycles. The number of likely N-dealkylation sites (tertiary alicyclic amines) is 1. The number of piperidine rings is 1. The van der Waals surface area contributed by atoms with Gasteiger partial charge in [-0.2, -0.15) is 0 Å². The molecule has 150 valence electrons. The first kappa shape index (κ1) is 19.4. The maximum atomic E-state index is 13.2. The Morgan fingerprint density at radius 3 is 2.59 bits per heavy atom. The van der Waals surface area contributed by atoms with Crippen molar-refractivity contribution in [2.45, 2.75) is 29.4 Å². The highest BCUT2D eigenvalue weighted by Gasteiger charge is 2.40. The molecular weight excluding hydrogens is 388 g/mol. The molecular formula is C21H22N4O3S. The molecule has 3 amide bonds. The molecule has 0 aliphatic carbocycles. The summed E-state index contributed by atoms with van der Waals surface area (Å²) in [5.74, 6) is -0.446. The molecule has 0 radical (unpaired) electrons. The van der Waals surface area contributed by atoms with E-state index in [9.17, 15) is 14.4 Å². The third-order valence-electron chi connectivity index (χ3n) is 5.02. The molecule has 29 heavy (non-hydrogen) atoms. The van der Waals surface area contributed by atoms with Crippen LogP contribution in [-0.4, -0.2) is 52.5 Å². The number of pyridine rings is 1. The van der Waals surface area contributed by atoms with Gasteiger partial charge < -0.3 is 15.1 Å². The van der Waals surface area contributed by atoms with E-state index in [1.165, 1.54) is 16.7 Å². The SMILES string of the molecule is O=C(CN1C(=O)[C@H](C(=O)N2CCCCC2)Sc2ccccc21)Nc1ccccn1. The summed E-state index contributed by atoms with van der Waals surface area (Å²) in [6, 6.07) is 12.6. The Morgan fingerprint density at radius 2 is 1.83 bits per heavy atom. The number of rotatable bonds is 4. The van der Waals surface area contributed by atoms with Crippen molar-refractivity contribution < 1.29 is 14.4 Å². The van der Waals surface area contributed by atoms with Crippen molar-refractivity contribution in [3.63, 3.8) is 0 Å². The zero-order chi connectivity index (χ0) is 20.2. The summed E-state index contributed by atoms with van der Waals surface area (Å²) in [6.07, 6.45) is 4.62. The van der Waals surface area contributed by atoms with Crippen molar-refractivity contribution in [1.82, 2.24) is 9.88 Å². The van der Waals surface area contributed by atoms with Crippen LogP contribution in [0, 0.1) is 0 Å². The number of aromatic nitrogens is 1. The maximum Gasteiger partial charge on any atom is 0.250 e. The number of carbonyl (C=O) groups excluding carboxylic acids is 3. The Balaban J connectivity index is 1.55. The number of hydrogen-bond acceptors (Lipinski definition) is 5. The lowest BCUT2D eigenvalue weighted by Crippen LogP contribution is -2.52. The smallest absolute Gasteiger partial charge is 0.250 e. The van der Waals surface area contributed by atoms with E-state index in [4.69, 9.17) is 0 Å². The molecule has 0 saturated carbocycles. The van der Waals surface area contributed by atoms with Crippen molar-refractivity contribution >= 4 is 41.0 Å². The van der Waals surface area contributed by atoms with Gasteiger partial charge in [0.25, 0.3) is 5.91 Å². The Hall–Kier alpha value is -2.87. The minimum absolute atomic E-state index is 0.163. The van der Waals surface area contributed by atoms with Gasteiger partial charge in [0.1, 0.15) is 12.4 Å². The van der Waals surface area contributed by atoms with Crippen molar-refractivity contribution in [3.8, 4) is 0 Å². The largest absolute Gasteiger partial charge is 0.341 e. The van der Waals surface area contributed by atoms with Gasteiger partial charge in [0.2, 0.25) is 11.8 Å². The topological polar surface area (TPSA) is 82.6 Å². The molecule has 1 N–H and O–H groups in total. The molecule has 1 atom stereocenters. The van der Waals surface area contributed by atoms with Gasteiger partial charge in [-0.1, -0.05) is 18.2 Å². The van der Waals surface area contributed by atoms with E-state index in [0.717, 1.165) is 24.2 Å². The van der Waals surface area contributed by atoms with Gasteiger partial charge in [-0.3, -0.25) is 14.4 Å². The molecule has 2 aromatic rings. The van der Waals surface area contributed by atoms with Crippen molar-refractivity contribution in [2.24, 2.45) is 0 Å². The molecule has 1 aromatic heterocycles. The fourth-order valence-electron chi connectivity index (χ4n) is 3.58. The first-order chi connectivity index (χ1) is 14.1. The molecule has 3 heterocycles. The Labute approximate surface area is 173 Å². The van der Waals surface area contributed by atoms with Gasteiger partial charge >= 0.3 is 0 Å². The second-order valence-corrected chi connectivity index (χ2v) is 8.19. The molecule has 0 unspecified atom stereocenters. The van der Waals surface area contributed by atoms with Crippen LogP contribution in [0.3, 0.4) is 0 Å². The van der Waals surface area contributed by atoms with Crippen LogP contribution in [0.5, 0.6) is 0 Å². The normalized spacial score (nSPS) is 18.9. The highest BCUT2D eigenvalue weighted by molar-refractivity contribution is 8.01. The quantitative estimate of drug-likeness (QED) is 0.784. The number of carbonyl (C=O) groups is 3. The standard InChI is InChI=1S/C21H22N4O3S/c26-18(23-17-10-4-5-11-22-17)14-25-15-8-2-3-9-16(15)29-19(21(25)28)20(27)24-12-6-1-7-13-24/h2-5,8-11,19H,1,6-7,12-14H2,(H,22,23,26)/t19-/m0/s1. The van der Waals surface area contributed by atoms with Crippen LogP contribution >= 0.6 is 11.8 Å². The van der Waals surface area contributed by atoms with Crippen LogP contribution in [0.1, 0.15) is 19.3 Å². The van der Waals surface area contributed by atoms with E-state index in [0.29, 0.717) is 24.6 Å². The first-order valence-corrected chi connectivity index (χ1v) is 10.6. The molecule has 4 rings (SSSR count). The van der Waals surface area contributed by atoms with Gasteiger partial charge in [-0.25, -0.2) is 4.98 Å². The molecule has 1 fully saturated rings. The first-order valence-electron chi connectivity index (χ1n) is 9.70. The predicted molar refractivity (Wildman–Crippen MR) is 112 cm³/mol. The number of nitrogens with zero attached hydrogens (tertiary/aromatic N) is 3. The second kappa shape index (κ2) is 8.65. The number of para-hydroxylation sites is 1. The summed E-state index contributed by atoms with van der Waals surface area (Å²) in [6.45, 7) is 1.20. The zero-order valence-electron chi connectivity index (χ0n) is 15.9. The van der Waals surface area contributed by atoms with Crippen LogP contribution in [0.4, 0.5) is 11.5 Å². The highest BCUT2D eigenvalue weighted by atomic mass is 32.2. The van der Waals surface area contributed by atoms with E-state index in [1.54, 1.807) is 35.4 Å². The lowest BCUT2D eigenvalue weighted by atomic mass is 10.1. The van der Waals surface area contributed by atoms with Crippen molar-refractivity contribution in [3.05, 3.63) is 48.7 Å². The molecule has 2 aliphatic rings. The number of anilines is 2. The number of benzene rings is 1. The zero-order valence-corrected chi connectivity index (χ0v) is 16.7. The molecule has 1 aromatic carbocycles. The second-order valence-electron chi connectivity index (χ2n) is 7.04. The van der Waals surface area contributed by atoms with Gasteiger partial charge in [0.05, 0.1) is 5.69 Å². The monoisotopic (exact) mass is 410 g/mol.